The second kappa shape index (κ2) is 8.82. The molecule has 0 atom stereocenters. The number of nitrogens with one attached hydrogen (secondary N) is 2. The Labute approximate surface area is 133 Å². The number of hydrogen-bond acceptors (Lipinski definition) is 4. The molecule has 1 aromatic carbocycles. The second-order valence-corrected chi connectivity index (χ2v) is 5.12. The Bertz CT molecular complexity index is 485. The van der Waals surface area contributed by atoms with Crippen molar-refractivity contribution < 1.29 is 18.3 Å². The summed E-state index contributed by atoms with van der Waals surface area (Å²) in [5, 5.41) is 6.30. The highest BCUT2D eigenvalue weighted by atomic mass is 32.1. The summed E-state index contributed by atoms with van der Waals surface area (Å²) >= 11 is 5.17. The molecule has 0 saturated carbocycles. The van der Waals surface area contributed by atoms with Crippen molar-refractivity contribution in [3.63, 3.8) is 0 Å². The first-order valence-electron chi connectivity index (χ1n) is 7.04. The van der Waals surface area contributed by atoms with Crippen LogP contribution >= 0.6 is 12.2 Å². The number of anilines is 1. The molecule has 1 heterocycles. The Balaban J connectivity index is 1.76. The highest BCUT2D eigenvalue weighted by Crippen LogP contribution is 2.25. The summed E-state index contributed by atoms with van der Waals surface area (Å²) in [6.07, 6.45) is 0. The van der Waals surface area contributed by atoms with Crippen LogP contribution in [-0.4, -0.2) is 56.0 Å². The molecule has 1 fully saturated rings. The van der Waals surface area contributed by atoms with E-state index in [0.29, 0.717) is 17.3 Å². The molecule has 0 aliphatic carbocycles. The molecular weight excluding hydrogens is 312 g/mol. The molecule has 2 N–H and O–H groups in total. The first-order chi connectivity index (χ1) is 10.6. The summed E-state index contributed by atoms with van der Waals surface area (Å²) in [6, 6.07) is 6.44. The third-order valence-corrected chi connectivity index (χ3v) is 3.42. The Morgan fingerprint density at radius 2 is 2.05 bits per heavy atom. The van der Waals surface area contributed by atoms with Crippen molar-refractivity contribution in [2.75, 3.05) is 44.7 Å². The average Bonchev–Trinajstić information content (AvgIpc) is 2.50. The molecule has 122 valence electrons. The van der Waals surface area contributed by atoms with Gasteiger partial charge in [0.1, 0.15) is 5.75 Å². The predicted molar refractivity (Wildman–Crippen MR) is 84.6 cm³/mol. The van der Waals surface area contributed by atoms with Crippen molar-refractivity contribution in [3.8, 4) is 5.75 Å². The minimum absolute atomic E-state index is 0.0647. The number of rotatable bonds is 6. The Hall–Kier alpha value is -1.51. The molecule has 0 unspecified atom stereocenters. The molecule has 0 aromatic heterocycles. The summed E-state index contributed by atoms with van der Waals surface area (Å²) in [5.41, 5.74) is 0.409. The largest absolute Gasteiger partial charge is 0.433 e. The lowest BCUT2D eigenvalue weighted by atomic mass is 10.3. The van der Waals surface area contributed by atoms with Crippen LogP contribution in [0.4, 0.5) is 14.5 Å². The number of thiocarbonyl (C=S) groups is 1. The van der Waals surface area contributed by atoms with Crippen molar-refractivity contribution in [3.05, 3.63) is 24.3 Å². The number of benzene rings is 1. The molecule has 1 aliphatic rings. The monoisotopic (exact) mass is 331 g/mol. The van der Waals surface area contributed by atoms with Crippen LogP contribution in [0, 0.1) is 0 Å². The third kappa shape index (κ3) is 5.70. The van der Waals surface area contributed by atoms with Gasteiger partial charge in [-0.25, -0.2) is 0 Å². The summed E-state index contributed by atoms with van der Waals surface area (Å²) < 4.78 is 34.4. The number of halogens is 2. The van der Waals surface area contributed by atoms with Crippen LogP contribution in [0.15, 0.2) is 24.3 Å². The average molecular weight is 331 g/mol. The zero-order chi connectivity index (χ0) is 15.8. The van der Waals surface area contributed by atoms with Gasteiger partial charge in [0.05, 0.1) is 18.9 Å². The Morgan fingerprint density at radius 3 is 2.77 bits per heavy atom. The summed E-state index contributed by atoms with van der Waals surface area (Å²) in [5.74, 6) is 0.0647. The van der Waals surface area contributed by atoms with E-state index < -0.39 is 6.61 Å². The first-order valence-corrected chi connectivity index (χ1v) is 7.45. The topological polar surface area (TPSA) is 45.8 Å². The fourth-order valence-corrected chi connectivity index (χ4v) is 2.30. The van der Waals surface area contributed by atoms with E-state index >= 15 is 0 Å². The number of morpholine rings is 1. The van der Waals surface area contributed by atoms with Gasteiger partial charge in [0, 0.05) is 26.2 Å². The van der Waals surface area contributed by atoms with Gasteiger partial charge >= 0.3 is 6.61 Å². The van der Waals surface area contributed by atoms with Crippen molar-refractivity contribution in [1.29, 1.82) is 0 Å². The molecule has 0 spiro atoms. The van der Waals surface area contributed by atoms with E-state index in [2.05, 4.69) is 20.3 Å². The number of para-hydroxylation sites is 2. The molecule has 8 heteroatoms. The highest BCUT2D eigenvalue weighted by Gasteiger charge is 2.11. The van der Waals surface area contributed by atoms with E-state index in [-0.39, 0.29) is 5.75 Å². The van der Waals surface area contributed by atoms with Gasteiger partial charge in [0.25, 0.3) is 0 Å². The number of nitrogens with zero attached hydrogens (tertiary/aromatic N) is 1. The van der Waals surface area contributed by atoms with Gasteiger partial charge in [-0.1, -0.05) is 12.1 Å². The van der Waals surface area contributed by atoms with Crippen LogP contribution in [0.5, 0.6) is 5.75 Å². The number of hydrogen-bond donors (Lipinski definition) is 2. The minimum Gasteiger partial charge on any atom is -0.433 e. The van der Waals surface area contributed by atoms with E-state index in [1.807, 2.05) is 0 Å². The molecule has 22 heavy (non-hydrogen) atoms. The lowest BCUT2D eigenvalue weighted by molar-refractivity contribution is -0.0493. The third-order valence-electron chi connectivity index (χ3n) is 3.17. The SMILES string of the molecule is FC(F)Oc1ccccc1NC(=S)NCCN1CCOCC1. The molecule has 1 saturated heterocycles. The molecule has 1 aromatic rings. The minimum atomic E-state index is -2.87. The molecule has 1 aliphatic heterocycles. The summed E-state index contributed by atoms with van der Waals surface area (Å²) in [7, 11) is 0. The van der Waals surface area contributed by atoms with Crippen LogP contribution in [-0.2, 0) is 4.74 Å². The van der Waals surface area contributed by atoms with Gasteiger partial charge in [-0.2, -0.15) is 8.78 Å². The lowest BCUT2D eigenvalue weighted by Gasteiger charge is -2.26. The fraction of sp³-hybridized carbons (Fsp3) is 0.500. The van der Waals surface area contributed by atoms with Crippen LogP contribution in [0.3, 0.4) is 0 Å². The van der Waals surface area contributed by atoms with Gasteiger partial charge in [-0.3, -0.25) is 4.90 Å². The molecular formula is C14H19F2N3O2S. The van der Waals surface area contributed by atoms with E-state index in [0.717, 1.165) is 32.8 Å². The van der Waals surface area contributed by atoms with Crippen LogP contribution in [0.2, 0.25) is 0 Å². The van der Waals surface area contributed by atoms with E-state index in [9.17, 15) is 8.78 Å². The molecule has 0 bridgehead atoms. The predicted octanol–water partition coefficient (Wildman–Crippen LogP) is 1.91. The number of ether oxygens (including phenoxy) is 2. The fourth-order valence-electron chi connectivity index (χ4n) is 2.09. The van der Waals surface area contributed by atoms with Gasteiger partial charge in [-0.05, 0) is 24.4 Å². The van der Waals surface area contributed by atoms with Crippen LogP contribution < -0.4 is 15.4 Å². The zero-order valence-corrected chi connectivity index (χ0v) is 12.9. The molecule has 0 amide bonds. The van der Waals surface area contributed by atoms with Crippen molar-refractivity contribution >= 4 is 23.0 Å². The van der Waals surface area contributed by atoms with Gasteiger partial charge in [0.15, 0.2) is 5.11 Å². The highest BCUT2D eigenvalue weighted by molar-refractivity contribution is 7.80. The van der Waals surface area contributed by atoms with E-state index in [1.165, 1.54) is 6.07 Å². The van der Waals surface area contributed by atoms with Crippen LogP contribution in [0.25, 0.3) is 0 Å². The smallest absolute Gasteiger partial charge is 0.387 e. The molecule has 2 rings (SSSR count). The van der Waals surface area contributed by atoms with E-state index in [1.54, 1.807) is 18.2 Å². The molecule has 0 radical (unpaired) electrons. The second-order valence-electron chi connectivity index (χ2n) is 4.71. The summed E-state index contributed by atoms with van der Waals surface area (Å²) in [4.78, 5) is 2.27. The normalized spacial score (nSPS) is 15.6. The standard InChI is InChI=1S/C14H19F2N3O2S/c15-13(16)21-12-4-2-1-3-11(12)18-14(22)17-5-6-19-7-9-20-10-8-19/h1-4,13H,5-10H2,(H2,17,18,22). The lowest BCUT2D eigenvalue weighted by Crippen LogP contribution is -2.42. The van der Waals surface area contributed by atoms with Crippen molar-refractivity contribution in [2.24, 2.45) is 0 Å². The van der Waals surface area contributed by atoms with Gasteiger partial charge in [0.2, 0.25) is 0 Å². The Morgan fingerprint density at radius 1 is 1.32 bits per heavy atom. The van der Waals surface area contributed by atoms with Gasteiger partial charge < -0.3 is 20.1 Å². The van der Waals surface area contributed by atoms with Crippen molar-refractivity contribution in [2.45, 2.75) is 6.61 Å². The van der Waals surface area contributed by atoms with Gasteiger partial charge in [-0.15, -0.1) is 0 Å². The first kappa shape index (κ1) is 16.9. The maximum atomic E-state index is 12.3. The molecule has 5 nitrogen and oxygen atoms in total. The quantitative estimate of drug-likeness (QED) is 0.777. The maximum Gasteiger partial charge on any atom is 0.387 e. The maximum absolute atomic E-state index is 12.3. The zero-order valence-electron chi connectivity index (χ0n) is 12.1. The Kier molecular flexibility index (Phi) is 6.75. The number of alkyl halides is 2. The van der Waals surface area contributed by atoms with Crippen molar-refractivity contribution in [1.82, 2.24) is 10.2 Å². The summed E-state index contributed by atoms with van der Waals surface area (Å²) in [6.45, 7) is 1.97. The van der Waals surface area contributed by atoms with Crippen LogP contribution in [0.1, 0.15) is 0 Å². The van der Waals surface area contributed by atoms with E-state index in [4.69, 9.17) is 17.0 Å².